The van der Waals surface area contributed by atoms with Crippen LogP contribution in [0.5, 0.6) is 0 Å². The molecule has 18 heavy (non-hydrogen) atoms. The molecule has 0 aliphatic carbocycles. The standard InChI is InChI=1S/C16H26N2/c1-5-8-10-12-16(4,11-9-6-2)14-13-17-18-15(14)7-3/h3,13H,5-6,8-12H2,1-2,4H3,(H,17,18). The zero-order valence-electron chi connectivity index (χ0n) is 12.1. The molecule has 1 unspecified atom stereocenters. The van der Waals surface area contributed by atoms with Crippen LogP contribution in [0.25, 0.3) is 0 Å². The van der Waals surface area contributed by atoms with E-state index in [9.17, 15) is 0 Å². The van der Waals surface area contributed by atoms with Gasteiger partial charge in [-0.1, -0.05) is 52.9 Å². The fourth-order valence-electron chi connectivity index (χ4n) is 2.59. The van der Waals surface area contributed by atoms with Gasteiger partial charge in [0.25, 0.3) is 0 Å². The first-order chi connectivity index (χ1) is 8.68. The predicted molar refractivity (Wildman–Crippen MR) is 77.5 cm³/mol. The fourth-order valence-corrected chi connectivity index (χ4v) is 2.59. The van der Waals surface area contributed by atoms with Crippen molar-refractivity contribution in [2.75, 3.05) is 0 Å². The number of rotatable bonds is 8. The molecule has 0 radical (unpaired) electrons. The molecule has 2 nitrogen and oxygen atoms in total. The van der Waals surface area contributed by atoms with Gasteiger partial charge in [-0.3, -0.25) is 5.10 Å². The van der Waals surface area contributed by atoms with Crippen LogP contribution in [0.4, 0.5) is 0 Å². The number of nitrogens with one attached hydrogen (secondary N) is 1. The first kappa shape index (κ1) is 14.8. The molecule has 0 fully saturated rings. The van der Waals surface area contributed by atoms with Gasteiger partial charge in [-0.05, 0) is 24.2 Å². The molecule has 0 saturated carbocycles. The summed E-state index contributed by atoms with van der Waals surface area (Å²) >= 11 is 0. The summed E-state index contributed by atoms with van der Waals surface area (Å²) in [7, 11) is 0. The second-order valence-corrected chi connectivity index (χ2v) is 5.41. The first-order valence-electron chi connectivity index (χ1n) is 7.18. The Bertz CT molecular complexity index is 386. The summed E-state index contributed by atoms with van der Waals surface area (Å²) in [6.45, 7) is 6.82. The van der Waals surface area contributed by atoms with Crippen molar-refractivity contribution < 1.29 is 0 Å². The molecule has 1 atom stereocenters. The molecule has 2 heteroatoms. The highest BCUT2D eigenvalue weighted by Gasteiger charge is 2.29. The number of aromatic amines is 1. The van der Waals surface area contributed by atoms with E-state index in [1.165, 1.54) is 50.5 Å². The van der Waals surface area contributed by atoms with Crippen molar-refractivity contribution in [1.82, 2.24) is 10.2 Å². The van der Waals surface area contributed by atoms with Crippen LogP contribution >= 0.6 is 0 Å². The van der Waals surface area contributed by atoms with Crippen LogP contribution in [0.1, 0.15) is 77.0 Å². The Morgan fingerprint density at radius 1 is 1.22 bits per heavy atom. The van der Waals surface area contributed by atoms with E-state index < -0.39 is 0 Å². The van der Waals surface area contributed by atoms with Crippen molar-refractivity contribution in [3.05, 3.63) is 17.5 Å². The second-order valence-electron chi connectivity index (χ2n) is 5.41. The summed E-state index contributed by atoms with van der Waals surface area (Å²) in [6, 6.07) is 0. The number of terminal acetylenes is 1. The minimum absolute atomic E-state index is 0.180. The summed E-state index contributed by atoms with van der Waals surface area (Å²) in [6.07, 6.45) is 16.2. The lowest BCUT2D eigenvalue weighted by molar-refractivity contribution is 0.370. The van der Waals surface area contributed by atoms with Crippen molar-refractivity contribution in [3.63, 3.8) is 0 Å². The normalized spacial score (nSPS) is 14.1. The monoisotopic (exact) mass is 246 g/mol. The van der Waals surface area contributed by atoms with Crippen molar-refractivity contribution in [3.8, 4) is 12.3 Å². The van der Waals surface area contributed by atoms with Crippen LogP contribution in [-0.4, -0.2) is 10.2 Å². The second kappa shape index (κ2) is 7.26. The topological polar surface area (TPSA) is 28.7 Å². The molecule has 0 spiro atoms. The maximum absolute atomic E-state index is 5.54. The van der Waals surface area contributed by atoms with E-state index in [0.717, 1.165) is 5.69 Å². The highest BCUT2D eigenvalue weighted by Crippen LogP contribution is 2.36. The van der Waals surface area contributed by atoms with Crippen LogP contribution < -0.4 is 0 Å². The maximum atomic E-state index is 5.54. The Hall–Kier alpha value is -1.23. The van der Waals surface area contributed by atoms with E-state index in [0.29, 0.717) is 0 Å². The summed E-state index contributed by atoms with van der Waals surface area (Å²) in [4.78, 5) is 0. The summed E-state index contributed by atoms with van der Waals surface area (Å²) < 4.78 is 0. The first-order valence-corrected chi connectivity index (χ1v) is 7.18. The molecule has 0 aliphatic heterocycles. The van der Waals surface area contributed by atoms with E-state index in [2.05, 4.69) is 36.9 Å². The van der Waals surface area contributed by atoms with E-state index >= 15 is 0 Å². The van der Waals surface area contributed by atoms with Gasteiger partial charge in [0, 0.05) is 11.8 Å². The van der Waals surface area contributed by atoms with Crippen LogP contribution in [-0.2, 0) is 5.41 Å². The zero-order chi connectivity index (χ0) is 13.4. The van der Waals surface area contributed by atoms with Gasteiger partial charge in [-0.25, -0.2) is 0 Å². The Balaban J connectivity index is 2.85. The molecule has 0 aromatic carbocycles. The quantitative estimate of drug-likeness (QED) is 0.534. The van der Waals surface area contributed by atoms with Crippen molar-refractivity contribution in [2.45, 2.75) is 71.1 Å². The molecular formula is C16H26N2. The Labute approximate surface area is 112 Å². The molecule has 1 aromatic heterocycles. The van der Waals surface area contributed by atoms with Gasteiger partial charge in [0.15, 0.2) is 0 Å². The van der Waals surface area contributed by atoms with Gasteiger partial charge in [-0.2, -0.15) is 5.10 Å². The summed E-state index contributed by atoms with van der Waals surface area (Å²) in [5, 5.41) is 7.11. The lowest BCUT2D eigenvalue weighted by atomic mass is 9.74. The Morgan fingerprint density at radius 3 is 2.50 bits per heavy atom. The van der Waals surface area contributed by atoms with Crippen molar-refractivity contribution in [1.29, 1.82) is 0 Å². The Kier molecular flexibility index (Phi) is 5.98. The van der Waals surface area contributed by atoms with Gasteiger partial charge < -0.3 is 0 Å². The largest absolute Gasteiger partial charge is 0.284 e. The number of unbranched alkanes of at least 4 members (excludes halogenated alkanes) is 3. The van der Waals surface area contributed by atoms with E-state index in [-0.39, 0.29) is 5.41 Å². The van der Waals surface area contributed by atoms with E-state index in [4.69, 9.17) is 6.42 Å². The van der Waals surface area contributed by atoms with Crippen LogP contribution in [0, 0.1) is 12.3 Å². The summed E-state index contributed by atoms with van der Waals surface area (Å²) in [5.41, 5.74) is 2.21. The van der Waals surface area contributed by atoms with Crippen molar-refractivity contribution in [2.24, 2.45) is 0 Å². The van der Waals surface area contributed by atoms with Crippen LogP contribution in [0.15, 0.2) is 6.20 Å². The van der Waals surface area contributed by atoms with Crippen LogP contribution in [0.3, 0.4) is 0 Å². The zero-order valence-corrected chi connectivity index (χ0v) is 12.1. The maximum Gasteiger partial charge on any atom is 0.138 e. The molecule has 1 rings (SSSR count). The number of hydrogen-bond donors (Lipinski definition) is 1. The van der Waals surface area contributed by atoms with E-state index in [1.54, 1.807) is 0 Å². The highest BCUT2D eigenvalue weighted by molar-refractivity contribution is 5.37. The Morgan fingerprint density at radius 2 is 1.89 bits per heavy atom. The average molecular weight is 246 g/mol. The third-order valence-corrected chi connectivity index (χ3v) is 3.84. The van der Waals surface area contributed by atoms with Gasteiger partial charge in [-0.15, -0.1) is 6.42 Å². The molecular weight excluding hydrogens is 220 g/mol. The SMILES string of the molecule is C#Cc1n[nH]cc1C(C)(CCCC)CCCCC. The number of H-pyrrole nitrogens is 1. The fraction of sp³-hybridized carbons (Fsp3) is 0.688. The molecule has 0 aliphatic rings. The molecule has 0 amide bonds. The van der Waals surface area contributed by atoms with Crippen molar-refractivity contribution >= 4 is 0 Å². The minimum Gasteiger partial charge on any atom is -0.284 e. The third kappa shape index (κ3) is 3.63. The van der Waals surface area contributed by atoms with Gasteiger partial charge in [0.1, 0.15) is 5.69 Å². The number of nitrogens with zero attached hydrogens (tertiary/aromatic N) is 1. The summed E-state index contributed by atoms with van der Waals surface area (Å²) in [5.74, 6) is 2.71. The van der Waals surface area contributed by atoms with Gasteiger partial charge >= 0.3 is 0 Å². The lowest BCUT2D eigenvalue weighted by Gasteiger charge is -2.29. The predicted octanol–water partition coefficient (Wildman–Crippen LogP) is 4.42. The van der Waals surface area contributed by atoms with Gasteiger partial charge in [0.05, 0.1) is 0 Å². The van der Waals surface area contributed by atoms with Gasteiger partial charge in [0.2, 0.25) is 0 Å². The smallest absolute Gasteiger partial charge is 0.138 e. The van der Waals surface area contributed by atoms with E-state index in [1.807, 2.05) is 6.20 Å². The number of hydrogen-bond acceptors (Lipinski definition) is 1. The third-order valence-electron chi connectivity index (χ3n) is 3.84. The number of aromatic nitrogens is 2. The molecule has 0 saturated heterocycles. The minimum atomic E-state index is 0.180. The highest BCUT2D eigenvalue weighted by atomic mass is 15.1. The molecule has 0 bridgehead atoms. The van der Waals surface area contributed by atoms with Crippen LogP contribution in [0.2, 0.25) is 0 Å². The molecule has 1 N–H and O–H groups in total. The molecule has 1 aromatic rings. The molecule has 100 valence electrons. The lowest BCUT2D eigenvalue weighted by Crippen LogP contribution is -2.22. The molecule has 1 heterocycles. The average Bonchev–Trinajstić information content (AvgIpc) is 2.85.